The highest BCUT2D eigenvalue weighted by molar-refractivity contribution is 7.89. The van der Waals surface area contributed by atoms with Gasteiger partial charge in [0.05, 0.1) is 18.1 Å². The maximum absolute atomic E-state index is 12.0. The molecule has 0 aromatic heterocycles. The third kappa shape index (κ3) is 3.79. The van der Waals surface area contributed by atoms with Crippen LogP contribution in [0.4, 0.5) is 5.69 Å². The summed E-state index contributed by atoms with van der Waals surface area (Å²) in [6, 6.07) is 5.69. The second-order valence-electron chi connectivity index (χ2n) is 4.88. The lowest BCUT2D eigenvalue weighted by Gasteiger charge is -2.22. The van der Waals surface area contributed by atoms with Crippen molar-refractivity contribution >= 4 is 21.6 Å². The smallest absolute Gasteiger partial charge is 0.243 e. The SMILES string of the molecule is CN(C)S(=O)(=O)c1ccc(NC(=O)C2COCCN2)cc1. The predicted octanol–water partition coefficient (Wildman–Crippen LogP) is -0.136. The number of rotatable bonds is 4. The van der Waals surface area contributed by atoms with Gasteiger partial charge in [0.2, 0.25) is 15.9 Å². The molecule has 1 heterocycles. The number of sulfonamides is 1. The van der Waals surface area contributed by atoms with Gasteiger partial charge in [-0.15, -0.1) is 0 Å². The van der Waals surface area contributed by atoms with Gasteiger partial charge in [-0.3, -0.25) is 4.79 Å². The van der Waals surface area contributed by atoms with Crippen LogP contribution in [0.1, 0.15) is 0 Å². The third-order valence-electron chi connectivity index (χ3n) is 3.14. The molecule has 2 rings (SSSR count). The Kier molecular flexibility index (Phi) is 4.94. The van der Waals surface area contributed by atoms with Crippen LogP contribution in [0.25, 0.3) is 0 Å². The molecule has 7 nitrogen and oxygen atoms in total. The minimum Gasteiger partial charge on any atom is -0.378 e. The van der Waals surface area contributed by atoms with Crippen molar-refractivity contribution < 1.29 is 17.9 Å². The summed E-state index contributed by atoms with van der Waals surface area (Å²) in [6.07, 6.45) is 0. The first-order valence-corrected chi connectivity index (χ1v) is 8.00. The van der Waals surface area contributed by atoms with Crippen molar-refractivity contribution in [3.8, 4) is 0 Å². The molecule has 1 aliphatic rings. The molecule has 21 heavy (non-hydrogen) atoms. The zero-order chi connectivity index (χ0) is 15.5. The average molecular weight is 313 g/mol. The summed E-state index contributed by atoms with van der Waals surface area (Å²) in [7, 11) is -0.510. The van der Waals surface area contributed by atoms with Crippen molar-refractivity contribution in [3.63, 3.8) is 0 Å². The van der Waals surface area contributed by atoms with Crippen LogP contribution in [-0.2, 0) is 19.6 Å². The van der Waals surface area contributed by atoms with E-state index in [-0.39, 0.29) is 16.8 Å². The van der Waals surface area contributed by atoms with E-state index in [1.54, 1.807) is 12.1 Å². The Labute approximate surface area is 124 Å². The molecule has 1 aromatic carbocycles. The number of hydrogen-bond acceptors (Lipinski definition) is 5. The summed E-state index contributed by atoms with van der Waals surface area (Å²) in [5, 5.41) is 5.78. The first-order valence-electron chi connectivity index (χ1n) is 6.56. The Morgan fingerprint density at radius 2 is 2.00 bits per heavy atom. The quantitative estimate of drug-likeness (QED) is 0.808. The lowest BCUT2D eigenvalue weighted by Crippen LogP contribution is -2.48. The molecule has 1 saturated heterocycles. The number of carbonyl (C=O) groups is 1. The Balaban J connectivity index is 2.04. The van der Waals surface area contributed by atoms with Gasteiger partial charge in [0.25, 0.3) is 0 Å². The fourth-order valence-electron chi connectivity index (χ4n) is 1.88. The second kappa shape index (κ2) is 6.52. The van der Waals surface area contributed by atoms with E-state index in [2.05, 4.69) is 10.6 Å². The van der Waals surface area contributed by atoms with E-state index in [1.165, 1.54) is 26.2 Å². The molecule has 0 radical (unpaired) electrons. The largest absolute Gasteiger partial charge is 0.378 e. The number of hydrogen-bond donors (Lipinski definition) is 2. The maximum Gasteiger partial charge on any atom is 0.243 e. The van der Waals surface area contributed by atoms with E-state index < -0.39 is 10.0 Å². The standard InChI is InChI=1S/C13H19N3O4S/c1-16(2)21(18,19)11-5-3-10(4-6-11)15-13(17)12-9-20-8-7-14-12/h3-6,12,14H,7-9H2,1-2H3,(H,15,17). The van der Waals surface area contributed by atoms with Crippen molar-refractivity contribution in [3.05, 3.63) is 24.3 Å². The van der Waals surface area contributed by atoms with E-state index in [4.69, 9.17) is 4.74 Å². The number of ether oxygens (including phenoxy) is 1. The zero-order valence-corrected chi connectivity index (χ0v) is 12.8. The van der Waals surface area contributed by atoms with Crippen molar-refractivity contribution in [1.82, 2.24) is 9.62 Å². The number of nitrogens with zero attached hydrogens (tertiary/aromatic N) is 1. The monoisotopic (exact) mass is 313 g/mol. The summed E-state index contributed by atoms with van der Waals surface area (Å²) >= 11 is 0. The van der Waals surface area contributed by atoms with E-state index >= 15 is 0 Å². The third-order valence-corrected chi connectivity index (χ3v) is 4.97. The Morgan fingerprint density at radius 1 is 1.33 bits per heavy atom. The highest BCUT2D eigenvalue weighted by Crippen LogP contribution is 2.16. The van der Waals surface area contributed by atoms with Crippen LogP contribution in [0.15, 0.2) is 29.2 Å². The molecule has 116 valence electrons. The minimum atomic E-state index is -3.45. The van der Waals surface area contributed by atoms with Gasteiger partial charge in [-0.1, -0.05) is 0 Å². The van der Waals surface area contributed by atoms with E-state index in [0.29, 0.717) is 25.4 Å². The topological polar surface area (TPSA) is 87.7 Å². The van der Waals surface area contributed by atoms with Gasteiger partial charge in [-0.2, -0.15) is 0 Å². The van der Waals surface area contributed by atoms with Crippen molar-refractivity contribution in [2.75, 3.05) is 39.2 Å². The minimum absolute atomic E-state index is 0.185. The van der Waals surface area contributed by atoms with Gasteiger partial charge in [-0.05, 0) is 24.3 Å². The fraction of sp³-hybridized carbons (Fsp3) is 0.462. The maximum atomic E-state index is 12.0. The number of benzene rings is 1. The fourth-order valence-corrected chi connectivity index (χ4v) is 2.79. The first kappa shape index (κ1) is 15.9. The summed E-state index contributed by atoms with van der Waals surface area (Å²) in [6.45, 7) is 1.57. The Hall–Kier alpha value is -1.48. The van der Waals surface area contributed by atoms with Gasteiger partial charge in [0.1, 0.15) is 6.04 Å². The van der Waals surface area contributed by atoms with Crippen LogP contribution in [0.5, 0.6) is 0 Å². The highest BCUT2D eigenvalue weighted by atomic mass is 32.2. The van der Waals surface area contributed by atoms with Crippen molar-refractivity contribution in [2.24, 2.45) is 0 Å². The molecular formula is C13H19N3O4S. The number of amides is 1. The summed E-state index contributed by atoms with van der Waals surface area (Å²) in [4.78, 5) is 12.2. The van der Waals surface area contributed by atoms with Crippen LogP contribution < -0.4 is 10.6 Å². The molecule has 2 N–H and O–H groups in total. The lowest BCUT2D eigenvalue weighted by molar-refractivity contribution is -0.120. The number of carbonyl (C=O) groups excluding carboxylic acids is 1. The molecule has 1 amide bonds. The van der Waals surface area contributed by atoms with Gasteiger partial charge in [-0.25, -0.2) is 12.7 Å². The van der Waals surface area contributed by atoms with E-state index in [1.807, 2.05) is 0 Å². The molecule has 0 bridgehead atoms. The molecule has 1 atom stereocenters. The molecule has 1 unspecified atom stereocenters. The molecule has 0 aliphatic carbocycles. The van der Waals surface area contributed by atoms with Gasteiger partial charge < -0.3 is 15.4 Å². The number of anilines is 1. The molecule has 1 aliphatic heterocycles. The first-order chi connectivity index (χ1) is 9.91. The van der Waals surface area contributed by atoms with Crippen LogP contribution >= 0.6 is 0 Å². The van der Waals surface area contributed by atoms with E-state index in [9.17, 15) is 13.2 Å². The predicted molar refractivity (Wildman–Crippen MR) is 78.6 cm³/mol. The Morgan fingerprint density at radius 3 is 2.52 bits per heavy atom. The van der Waals surface area contributed by atoms with Gasteiger partial charge in [0.15, 0.2) is 0 Å². The van der Waals surface area contributed by atoms with Gasteiger partial charge in [0, 0.05) is 26.3 Å². The molecular weight excluding hydrogens is 294 g/mol. The normalized spacial score (nSPS) is 19.5. The van der Waals surface area contributed by atoms with Crippen LogP contribution in [0.3, 0.4) is 0 Å². The number of nitrogens with one attached hydrogen (secondary N) is 2. The zero-order valence-electron chi connectivity index (χ0n) is 12.0. The Bertz CT molecular complexity index is 592. The molecule has 0 spiro atoms. The van der Waals surface area contributed by atoms with Gasteiger partial charge >= 0.3 is 0 Å². The molecule has 8 heteroatoms. The highest BCUT2D eigenvalue weighted by Gasteiger charge is 2.21. The average Bonchev–Trinajstić information content (AvgIpc) is 2.48. The summed E-state index contributed by atoms with van der Waals surface area (Å²) in [5.41, 5.74) is 0.546. The molecule has 1 aromatic rings. The van der Waals surface area contributed by atoms with Crippen LogP contribution in [0, 0.1) is 0 Å². The van der Waals surface area contributed by atoms with Crippen molar-refractivity contribution in [2.45, 2.75) is 10.9 Å². The summed E-state index contributed by atoms with van der Waals surface area (Å²) < 4.78 is 30.2. The van der Waals surface area contributed by atoms with E-state index in [0.717, 1.165) is 4.31 Å². The van der Waals surface area contributed by atoms with Crippen molar-refractivity contribution in [1.29, 1.82) is 0 Å². The molecule has 1 fully saturated rings. The lowest BCUT2D eigenvalue weighted by atomic mass is 10.2. The van der Waals surface area contributed by atoms with Crippen LogP contribution in [-0.4, -0.2) is 58.5 Å². The number of morpholine rings is 1. The van der Waals surface area contributed by atoms with Crippen LogP contribution in [0.2, 0.25) is 0 Å². The second-order valence-corrected chi connectivity index (χ2v) is 7.03. The molecule has 0 saturated carbocycles. The summed E-state index contributed by atoms with van der Waals surface area (Å²) in [5.74, 6) is -0.196.